The molecular formula is C17H24AcNS-. The number of benzene rings is 1. The van der Waals surface area contributed by atoms with E-state index in [2.05, 4.69) is 42.2 Å². The van der Waals surface area contributed by atoms with Crippen molar-refractivity contribution in [3.63, 3.8) is 0 Å². The molecule has 1 saturated carbocycles. The van der Waals surface area contributed by atoms with E-state index in [-0.39, 0.29) is 44.1 Å². The maximum Gasteiger partial charge on any atom is 0.00744 e. The summed E-state index contributed by atoms with van der Waals surface area (Å²) in [5.41, 5.74) is 3.55. The summed E-state index contributed by atoms with van der Waals surface area (Å²) < 4.78 is 0. The van der Waals surface area contributed by atoms with E-state index in [9.17, 15) is 0 Å². The largest absolute Gasteiger partial charge is 0.658 e. The first-order valence-electron chi connectivity index (χ1n) is 7.63. The molecule has 1 aromatic rings. The van der Waals surface area contributed by atoms with Gasteiger partial charge in [0.2, 0.25) is 0 Å². The fourth-order valence-electron chi connectivity index (χ4n) is 3.29. The summed E-state index contributed by atoms with van der Waals surface area (Å²) in [4.78, 5) is 1.45. The van der Waals surface area contributed by atoms with Crippen LogP contribution < -0.4 is 0 Å². The Labute approximate surface area is 163 Å². The quantitative estimate of drug-likeness (QED) is 0.521. The van der Waals surface area contributed by atoms with Crippen molar-refractivity contribution < 1.29 is 44.1 Å². The molecule has 0 aromatic heterocycles. The van der Waals surface area contributed by atoms with E-state index < -0.39 is 0 Å². The van der Waals surface area contributed by atoms with Crippen molar-refractivity contribution in [2.45, 2.75) is 56.9 Å². The van der Waals surface area contributed by atoms with E-state index in [0.29, 0.717) is 5.41 Å². The Balaban J connectivity index is 0.00000147. The van der Waals surface area contributed by atoms with Crippen molar-refractivity contribution in [2.75, 3.05) is 12.3 Å². The SMILES string of the molecule is CC1(CSc2ccc3c(c2)C[N-]CC3)CCCCC1.[Ac]. The third kappa shape index (κ3) is 4.48. The molecule has 3 heteroatoms. The molecule has 0 saturated heterocycles. The molecule has 107 valence electrons. The molecule has 0 bridgehead atoms. The maximum absolute atomic E-state index is 4.51. The average molecular weight is 501 g/mol. The molecule has 1 heterocycles. The van der Waals surface area contributed by atoms with Gasteiger partial charge in [-0.25, -0.2) is 0 Å². The van der Waals surface area contributed by atoms with Crippen LogP contribution in [0, 0.1) is 49.5 Å². The molecule has 1 radical (unpaired) electrons. The minimum atomic E-state index is 0. The van der Waals surface area contributed by atoms with Crippen LogP contribution in [0.15, 0.2) is 23.1 Å². The molecule has 0 amide bonds. The van der Waals surface area contributed by atoms with Crippen molar-refractivity contribution in [3.05, 3.63) is 34.6 Å². The minimum absolute atomic E-state index is 0. The molecule has 0 spiro atoms. The number of hydrogen-bond acceptors (Lipinski definition) is 1. The average Bonchev–Trinajstić information content (AvgIpc) is 2.46. The third-order valence-electron chi connectivity index (χ3n) is 4.65. The summed E-state index contributed by atoms with van der Waals surface area (Å²) in [6, 6.07) is 7.03. The number of rotatable bonds is 3. The molecule has 3 rings (SSSR count). The van der Waals surface area contributed by atoms with Crippen molar-refractivity contribution in [3.8, 4) is 0 Å². The standard InChI is InChI=1S/C17H24NS.Ac/c1-17(8-3-2-4-9-17)13-19-16-6-5-14-7-10-18-12-15(14)11-16;/h5-6,11H,2-4,7-10,12-13H2,1H3;/q-1;. The van der Waals surface area contributed by atoms with E-state index >= 15 is 0 Å². The predicted octanol–water partition coefficient (Wildman–Crippen LogP) is 5.18. The fraction of sp³-hybridized carbons (Fsp3) is 0.647. The van der Waals surface area contributed by atoms with Gasteiger partial charge in [-0.3, -0.25) is 0 Å². The Morgan fingerprint density at radius 1 is 1.15 bits per heavy atom. The minimum Gasteiger partial charge on any atom is -0.658 e. The van der Waals surface area contributed by atoms with Gasteiger partial charge in [0.05, 0.1) is 0 Å². The van der Waals surface area contributed by atoms with Crippen molar-refractivity contribution in [1.82, 2.24) is 0 Å². The van der Waals surface area contributed by atoms with Gasteiger partial charge in [0.1, 0.15) is 0 Å². The molecule has 1 aliphatic carbocycles. The van der Waals surface area contributed by atoms with Crippen LogP contribution in [-0.2, 0) is 13.0 Å². The van der Waals surface area contributed by atoms with Gasteiger partial charge in [-0.2, -0.15) is 0 Å². The number of thioether (sulfide) groups is 1. The molecule has 1 fully saturated rings. The molecular weight excluding hydrogens is 477 g/mol. The van der Waals surface area contributed by atoms with Crippen LogP contribution in [0.25, 0.3) is 5.32 Å². The Morgan fingerprint density at radius 3 is 2.75 bits per heavy atom. The van der Waals surface area contributed by atoms with Crippen LogP contribution in [0.3, 0.4) is 0 Å². The smallest absolute Gasteiger partial charge is 0.00744 e. The van der Waals surface area contributed by atoms with Crippen molar-refractivity contribution in [2.24, 2.45) is 5.41 Å². The van der Waals surface area contributed by atoms with Gasteiger partial charge in [0.25, 0.3) is 0 Å². The normalized spacial score (nSPS) is 20.9. The summed E-state index contributed by atoms with van der Waals surface area (Å²) in [5.74, 6) is 1.28. The predicted molar refractivity (Wildman–Crippen MR) is 84.0 cm³/mol. The summed E-state index contributed by atoms with van der Waals surface area (Å²) in [6.45, 7) is 4.42. The van der Waals surface area contributed by atoms with E-state index in [1.807, 2.05) is 0 Å². The van der Waals surface area contributed by atoms with Crippen LogP contribution in [0.2, 0.25) is 0 Å². The summed E-state index contributed by atoms with van der Waals surface area (Å²) >= 11 is 2.06. The van der Waals surface area contributed by atoms with Crippen molar-refractivity contribution >= 4 is 11.8 Å². The van der Waals surface area contributed by atoms with Gasteiger partial charge in [-0.15, -0.1) is 24.9 Å². The monoisotopic (exact) mass is 501 g/mol. The second kappa shape index (κ2) is 8.00. The Kier molecular flexibility index (Phi) is 6.93. The first-order chi connectivity index (χ1) is 9.25. The molecule has 20 heavy (non-hydrogen) atoms. The summed E-state index contributed by atoms with van der Waals surface area (Å²) in [5, 5.41) is 4.51. The number of nitrogens with zero attached hydrogens (tertiary/aromatic N) is 1. The van der Waals surface area contributed by atoms with Gasteiger partial charge < -0.3 is 5.32 Å². The van der Waals surface area contributed by atoms with E-state index in [1.165, 1.54) is 53.9 Å². The summed E-state index contributed by atoms with van der Waals surface area (Å²) in [7, 11) is 0. The Hall–Kier alpha value is 0.972. The fourth-order valence-corrected chi connectivity index (χ4v) is 4.48. The van der Waals surface area contributed by atoms with Crippen LogP contribution in [0.5, 0.6) is 0 Å². The molecule has 2 aliphatic rings. The zero-order valence-electron chi connectivity index (χ0n) is 12.5. The zero-order chi connectivity index (χ0) is 13.1. The van der Waals surface area contributed by atoms with E-state index in [4.69, 9.17) is 0 Å². The second-order valence-electron chi connectivity index (χ2n) is 6.45. The van der Waals surface area contributed by atoms with Crippen LogP contribution in [0.1, 0.15) is 50.2 Å². The second-order valence-corrected chi connectivity index (χ2v) is 7.49. The first kappa shape index (κ1) is 17.3. The molecule has 1 aliphatic heterocycles. The Bertz CT molecular complexity index is 441. The maximum atomic E-state index is 4.51. The number of fused-ring (bicyclic) bond motifs is 1. The van der Waals surface area contributed by atoms with Crippen LogP contribution in [0.4, 0.5) is 0 Å². The topological polar surface area (TPSA) is 14.1 Å². The molecule has 0 unspecified atom stereocenters. The van der Waals surface area contributed by atoms with E-state index in [0.717, 1.165) is 19.5 Å². The molecule has 1 aromatic carbocycles. The van der Waals surface area contributed by atoms with Gasteiger partial charge in [0.15, 0.2) is 0 Å². The summed E-state index contributed by atoms with van der Waals surface area (Å²) in [6.07, 6.45) is 8.28. The molecule has 1 nitrogen and oxygen atoms in total. The molecule has 0 N–H and O–H groups in total. The van der Waals surface area contributed by atoms with Gasteiger partial charge >= 0.3 is 0 Å². The van der Waals surface area contributed by atoms with Crippen LogP contribution >= 0.6 is 11.8 Å². The van der Waals surface area contributed by atoms with Gasteiger partial charge in [-0.1, -0.05) is 37.8 Å². The molecule has 0 atom stereocenters. The third-order valence-corrected chi connectivity index (χ3v) is 6.08. The van der Waals surface area contributed by atoms with E-state index in [1.54, 1.807) is 0 Å². The zero-order valence-corrected chi connectivity index (χ0v) is 18.1. The van der Waals surface area contributed by atoms with Crippen molar-refractivity contribution in [1.29, 1.82) is 0 Å². The van der Waals surface area contributed by atoms with Gasteiger partial charge in [-0.05, 0) is 42.4 Å². The van der Waals surface area contributed by atoms with Gasteiger partial charge in [0, 0.05) is 54.7 Å². The Morgan fingerprint density at radius 2 is 1.95 bits per heavy atom. The first-order valence-corrected chi connectivity index (χ1v) is 8.62. The number of hydrogen-bond donors (Lipinski definition) is 0. The van der Waals surface area contributed by atoms with Crippen LogP contribution in [-0.4, -0.2) is 12.3 Å².